The smallest absolute Gasteiger partial charge is 0.259 e. The Morgan fingerprint density at radius 3 is 2.91 bits per heavy atom. The SMILES string of the molecule is CSc1ccc(Cl)c(C(=O)N2CCCc3cccc(F)c32)c1. The summed E-state index contributed by atoms with van der Waals surface area (Å²) in [6, 6.07) is 10.3. The van der Waals surface area contributed by atoms with Crippen LogP contribution in [-0.2, 0) is 6.42 Å². The monoisotopic (exact) mass is 335 g/mol. The van der Waals surface area contributed by atoms with Gasteiger partial charge in [0.15, 0.2) is 0 Å². The second-order valence-corrected chi connectivity index (χ2v) is 6.44. The second kappa shape index (κ2) is 6.31. The van der Waals surface area contributed by atoms with Crippen LogP contribution < -0.4 is 4.90 Å². The van der Waals surface area contributed by atoms with Crippen molar-refractivity contribution in [1.82, 2.24) is 0 Å². The van der Waals surface area contributed by atoms with Gasteiger partial charge in [-0.3, -0.25) is 4.79 Å². The summed E-state index contributed by atoms with van der Waals surface area (Å²) in [4.78, 5) is 15.3. The van der Waals surface area contributed by atoms with Gasteiger partial charge in [-0.2, -0.15) is 0 Å². The highest BCUT2D eigenvalue weighted by molar-refractivity contribution is 7.98. The van der Waals surface area contributed by atoms with Gasteiger partial charge in [0.1, 0.15) is 5.82 Å². The maximum absolute atomic E-state index is 14.2. The third-order valence-electron chi connectivity index (χ3n) is 3.82. The zero-order valence-electron chi connectivity index (χ0n) is 12.1. The molecule has 2 aromatic rings. The molecule has 0 unspecified atom stereocenters. The number of nitrogens with zero attached hydrogens (tertiary/aromatic N) is 1. The summed E-state index contributed by atoms with van der Waals surface area (Å²) in [5.74, 6) is -0.602. The fourth-order valence-corrected chi connectivity index (χ4v) is 3.39. The first-order valence-corrected chi connectivity index (χ1v) is 8.65. The largest absolute Gasteiger partial charge is 0.305 e. The molecule has 2 nitrogen and oxygen atoms in total. The highest BCUT2D eigenvalue weighted by Gasteiger charge is 2.27. The lowest BCUT2D eigenvalue weighted by atomic mass is 10.0. The normalized spacial score (nSPS) is 13.9. The maximum atomic E-state index is 14.2. The number of benzene rings is 2. The van der Waals surface area contributed by atoms with Crippen LogP contribution in [-0.4, -0.2) is 18.7 Å². The van der Waals surface area contributed by atoms with Crippen LogP contribution >= 0.6 is 23.4 Å². The molecule has 1 amide bonds. The first kappa shape index (κ1) is 15.4. The molecule has 1 heterocycles. The van der Waals surface area contributed by atoms with E-state index in [2.05, 4.69) is 0 Å². The van der Waals surface area contributed by atoms with Gasteiger partial charge >= 0.3 is 0 Å². The first-order valence-electron chi connectivity index (χ1n) is 7.04. The van der Waals surface area contributed by atoms with Crippen LogP contribution in [0.3, 0.4) is 0 Å². The predicted molar refractivity (Wildman–Crippen MR) is 89.6 cm³/mol. The highest BCUT2D eigenvalue weighted by atomic mass is 35.5. The Balaban J connectivity index is 2.05. The molecule has 0 aromatic heterocycles. The molecule has 0 saturated heterocycles. The topological polar surface area (TPSA) is 20.3 Å². The van der Waals surface area contributed by atoms with Crippen LogP contribution in [0, 0.1) is 5.82 Å². The number of para-hydroxylation sites is 1. The fraction of sp³-hybridized carbons (Fsp3) is 0.235. The van der Waals surface area contributed by atoms with E-state index in [1.165, 1.54) is 11.0 Å². The van der Waals surface area contributed by atoms with E-state index < -0.39 is 0 Å². The van der Waals surface area contributed by atoms with Gasteiger partial charge in [0.05, 0.1) is 16.3 Å². The number of anilines is 1. The summed E-state index contributed by atoms with van der Waals surface area (Å²) >= 11 is 7.72. The van der Waals surface area contributed by atoms with E-state index in [0.717, 1.165) is 23.3 Å². The molecule has 2 aromatic carbocycles. The molecule has 0 saturated carbocycles. The molecule has 1 aliphatic heterocycles. The molecule has 0 aliphatic carbocycles. The van der Waals surface area contributed by atoms with Gasteiger partial charge in [0.2, 0.25) is 0 Å². The predicted octanol–water partition coefficient (Wildman–Crippen LogP) is 4.79. The van der Waals surface area contributed by atoms with Gasteiger partial charge in [0, 0.05) is 11.4 Å². The lowest BCUT2D eigenvalue weighted by Crippen LogP contribution is -2.36. The van der Waals surface area contributed by atoms with Crippen molar-refractivity contribution in [3.8, 4) is 0 Å². The number of hydrogen-bond donors (Lipinski definition) is 0. The summed E-state index contributed by atoms with van der Waals surface area (Å²) in [7, 11) is 0. The van der Waals surface area contributed by atoms with E-state index in [0.29, 0.717) is 22.8 Å². The van der Waals surface area contributed by atoms with Gasteiger partial charge in [-0.15, -0.1) is 11.8 Å². The van der Waals surface area contributed by atoms with Crippen molar-refractivity contribution in [3.63, 3.8) is 0 Å². The molecule has 0 N–H and O–H groups in total. The average molecular weight is 336 g/mol. The number of hydrogen-bond acceptors (Lipinski definition) is 2. The fourth-order valence-electron chi connectivity index (χ4n) is 2.75. The van der Waals surface area contributed by atoms with Crippen molar-refractivity contribution in [3.05, 3.63) is 58.4 Å². The molecule has 0 bridgehead atoms. The zero-order chi connectivity index (χ0) is 15.7. The molecule has 0 atom stereocenters. The minimum Gasteiger partial charge on any atom is -0.305 e. The van der Waals surface area contributed by atoms with E-state index in [1.54, 1.807) is 30.0 Å². The van der Waals surface area contributed by atoms with E-state index >= 15 is 0 Å². The van der Waals surface area contributed by atoms with E-state index in [1.807, 2.05) is 18.4 Å². The third kappa shape index (κ3) is 2.73. The summed E-state index contributed by atoms with van der Waals surface area (Å²) in [6.45, 7) is 0.507. The Bertz CT molecular complexity index is 735. The van der Waals surface area contributed by atoms with Crippen LogP contribution in [0.1, 0.15) is 22.3 Å². The van der Waals surface area contributed by atoms with Crippen LogP contribution in [0.2, 0.25) is 5.02 Å². The molecule has 1 aliphatic rings. The standard InChI is InChI=1S/C17H15ClFNOS/c1-22-12-7-8-14(18)13(10-12)17(21)20-9-3-5-11-4-2-6-15(19)16(11)20/h2,4,6-8,10H,3,5,9H2,1H3. The van der Waals surface area contributed by atoms with Crippen molar-refractivity contribution >= 4 is 35.0 Å². The number of aryl methyl sites for hydroxylation is 1. The maximum Gasteiger partial charge on any atom is 0.259 e. The Labute approximate surface area is 138 Å². The molecule has 3 rings (SSSR count). The summed E-state index contributed by atoms with van der Waals surface area (Å²) in [6.07, 6.45) is 3.55. The van der Waals surface area contributed by atoms with Crippen LogP contribution in [0.15, 0.2) is 41.3 Å². The summed E-state index contributed by atoms with van der Waals surface area (Å²) in [5, 5.41) is 0.395. The van der Waals surface area contributed by atoms with Crippen molar-refractivity contribution in [1.29, 1.82) is 0 Å². The number of carbonyl (C=O) groups excluding carboxylic acids is 1. The molecule has 0 radical (unpaired) electrons. The van der Waals surface area contributed by atoms with E-state index in [-0.39, 0.29) is 11.7 Å². The Hall–Kier alpha value is -1.52. The third-order valence-corrected chi connectivity index (χ3v) is 4.87. The van der Waals surface area contributed by atoms with E-state index in [4.69, 9.17) is 11.6 Å². The number of carbonyl (C=O) groups is 1. The number of halogens is 2. The van der Waals surface area contributed by atoms with Crippen molar-refractivity contribution in [2.75, 3.05) is 17.7 Å². The van der Waals surface area contributed by atoms with Gasteiger partial charge in [-0.1, -0.05) is 23.7 Å². The van der Waals surface area contributed by atoms with E-state index in [9.17, 15) is 9.18 Å². The number of fused-ring (bicyclic) bond motifs is 1. The van der Waals surface area contributed by atoms with Crippen LogP contribution in [0.25, 0.3) is 0 Å². The minimum absolute atomic E-state index is 0.244. The zero-order valence-corrected chi connectivity index (χ0v) is 13.7. The molecule has 114 valence electrons. The first-order chi connectivity index (χ1) is 10.6. The van der Waals surface area contributed by atoms with Gasteiger partial charge in [-0.05, 0) is 48.9 Å². The number of amides is 1. The lowest BCUT2D eigenvalue weighted by Gasteiger charge is -2.30. The number of rotatable bonds is 2. The molecular weight excluding hydrogens is 321 g/mol. The van der Waals surface area contributed by atoms with Crippen molar-refractivity contribution < 1.29 is 9.18 Å². The molecule has 5 heteroatoms. The quantitative estimate of drug-likeness (QED) is 0.735. The van der Waals surface area contributed by atoms with Crippen molar-refractivity contribution in [2.24, 2.45) is 0 Å². The molecule has 0 spiro atoms. The lowest BCUT2D eigenvalue weighted by molar-refractivity contribution is 0.0984. The van der Waals surface area contributed by atoms with Crippen LogP contribution in [0.5, 0.6) is 0 Å². The molecule has 22 heavy (non-hydrogen) atoms. The van der Waals surface area contributed by atoms with Gasteiger partial charge in [0.25, 0.3) is 5.91 Å². The summed E-state index contributed by atoms with van der Waals surface area (Å²) in [5.41, 5.74) is 1.69. The molecular formula is C17H15ClFNOS. The van der Waals surface area contributed by atoms with Gasteiger partial charge < -0.3 is 4.90 Å². The Morgan fingerprint density at radius 1 is 1.32 bits per heavy atom. The summed E-state index contributed by atoms with van der Waals surface area (Å²) < 4.78 is 14.2. The Kier molecular flexibility index (Phi) is 4.41. The average Bonchev–Trinajstić information content (AvgIpc) is 2.54. The van der Waals surface area contributed by atoms with Crippen LogP contribution in [0.4, 0.5) is 10.1 Å². The van der Waals surface area contributed by atoms with Crippen molar-refractivity contribution in [2.45, 2.75) is 17.7 Å². The molecule has 0 fully saturated rings. The Morgan fingerprint density at radius 2 is 2.14 bits per heavy atom. The second-order valence-electron chi connectivity index (χ2n) is 5.15. The number of thioether (sulfide) groups is 1. The van der Waals surface area contributed by atoms with Gasteiger partial charge in [-0.25, -0.2) is 4.39 Å². The minimum atomic E-state index is -0.359. The highest BCUT2D eigenvalue weighted by Crippen LogP contribution is 2.33.